The molecule has 0 unspecified atom stereocenters. The number of halogens is 2. The van der Waals surface area contributed by atoms with Crippen LogP contribution in [-0.4, -0.2) is 23.8 Å². The fourth-order valence-electron chi connectivity index (χ4n) is 2.84. The molecule has 0 saturated carbocycles. The van der Waals surface area contributed by atoms with Crippen LogP contribution in [-0.2, 0) is 6.54 Å². The number of carbonyl (C=O) groups is 1. The van der Waals surface area contributed by atoms with Gasteiger partial charge in [0.15, 0.2) is 5.78 Å². The molecule has 0 bridgehead atoms. The molecule has 2 aromatic rings. The second-order valence-corrected chi connectivity index (χ2v) is 6.55. The molecule has 3 rings (SSSR count). The number of ketones is 1. The quantitative estimate of drug-likeness (QED) is 0.751. The van der Waals surface area contributed by atoms with Gasteiger partial charge in [-0.1, -0.05) is 34.1 Å². The Bertz CT molecular complexity index is 695. The first-order valence-electron chi connectivity index (χ1n) is 7.44. The number of hydrogen-bond acceptors (Lipinski definition) is 2. The lowest BCUT2D eigenvalue weighted by molar-refractivity contribution is 0.103. The van der Waals surface area contributed by atoms with Gasteiger partial charge in [-0.3, -0.25) is 9.69 Å². The zero-order chi connectivity index (χ0) is 15.5. The molecule has 1 aliphatic rings. The number of hydrogen-bond donors (Lipinski definition) is 0. The van der Waals surface area contributed by atoms with E-state index in [1.165, 1.54) is 25.0 Å². The van der Waals surface area contributed by atoms with Crippen LogP contribution in [0.2, 0.25) is 0 Å². The van der Waals surface area contributed by atoms with Crippen LogP contribution in [0.4, 0.5) is 4.39 Å². The van der Waals surface area contributed by atoms with Gasteiger partial charge in [-0.05, 0) is 55.8 Å². The molecule has 22 heavy (non-hydrogen) atoms. The van der Waals surface area contributed by atoms with Gasteiger partial charge in [0.1, 0.15) is 5.82 Å². The minimum atomic E-state index is -0.496. The number of likely N-dealkylation sites (tertiary alicyclic amines) is 1. The molecule has 0 aliphatic carbocycles. The zero-order valence-electron chi connectivity index (χ0n) is 12.2. The largest absolute Gasteiger partial charge is 0.299 e. The van der Waals surface area contributed by atoms with Crippen LogP contribution in [0, 0.1) is 5.82 Å². The summed E-state index contributed by atoms with van der Waals surface area (Å²) in [5.74, 6) is -0.766. The van der Waals surface area contributed by atoms with Crippen molar-refractivity contribution in [2.45, 2.75) is 19.4 Å². The molecule has 1 heterocycles. The van der Waals surface area contributed by atoms with Crippen molar-refractivity contribution < 1.29 is 9.18 Å². The summed E-state index contributed by atoms with van der Waals surface area (Å²) in [5, 5.41) is 0. The molecule has 0 N–H and O–H groups in total. The van der Waals surface area contributed by atoms with E-state index in [9.17, 15) is 9.18 Å². The van der Waals surface area contributed by atoms with Crippen molar-refractivity contribution in [3.8, 4) is 0 Å². The van der Waals surface area contributed by atoms with E-state index in [-0.39, 0.29) is 11.3 Å². The van der Waals surface area contributed by atoms with Crippen molar-refractivity contribution >= 4 is 21.7 Å². The third-order valence-electron chi connectivity index (χ3n) is 3.97. The van der Waals surface area contributed by atoms with Gasteiger partial charge < -0.3 is 0 Å². The fourth-order valence-corrected chi connectivity index (χ4v) is 3.17. The average molecular weight is 362 g/mol. The fraction of sp³-hybridized carbons (Fsp3) is 0.278. The maximum Gasteiger partial charge on any atom is 0.195 e. The summed E-state index contributed by atoms with van der Waals surface area (Å²) in [6.45, 7) is 3.07. The van der Waals surface area contributed by atoms with Gasteiger partial charge in [-0.25, -0.2) is 4.39 Å². The first-order chi connectivity index (χ1) is 10.6. The molecule has 2 aromatic carbocycles. The van der Waals surface area contributed by atoms with Gasteiger partial charge >= 0.3 is 0 Å². The average Bonchev–Trinajstić information content (AvgIpc) is 3.00. The van der Waals surface area contributed by atoms with E-state index in [1.807, 2.05) is 18.2 Å². The first-order valence-corrected chi connectivity index (χ1v) is 8.24. The highest BCUT2D eigenvalue weighted by Crippen LogP contribution is 2.20. The predicted octanol–water partition coefficient (Wildman–Crippen LogP) is 4.42. The van der Waals surface area contributed by atoms with Crippen LogP contribution in [0.1, 0.15) is 34.3 Å². The summed E-state index contributed by atoms with van der Waals surface area (Å²) in [7, 11) is 0. The molecule has 0 aromatic heterocycles. The molecule has 0 atom stereocenters. The van der Waals surface area contributed by atoms with Crippen LogP contribution in [0.15, 0.2) is 46.9 Å². The van der Waals surface area contributed by atoms with Crippen molar-refractivity contribution in [2.24, 2.45) is 0 Å². The molecule has 4 heteroatoms. The number of rotatable bonds is 4. The molecule has 1 fully saturated rings. The Morgan fingerprint density at radius 3 is 2.64 bits per heavy atom. The van der Waals surface area contributed by atoms with Crippen molar-refractivity contribution in [3.05, 3.63) is 69.4 Å². The smallest absolute Gasteiger partial charge is 0.195 e. The summed E-state index contributed by atoms with van der Waals surface area (Å²) in [6.07, 6.45) is 2.48. The van der Waals surface area contributed by atoms with Crippen molar-refractivity contribution in [1.82, 2.24) is 4.90 Å². The highest BCUT2D eigenvalue weighted by atomic mass is 79.9. The van der Waals surface area contributed by atoms with E-state index in [0.29, 0.717) is 10.0 Å². The van der Waals surface area contributed by atoms with E-state index in [2.05, 4.69) is 20.8 Å². The first kappa shape index (κ1) is 15.4. The van der Waals surface area contributed by atoms with Crippen LogP contribution in [0.25, 0.3) is 0 Å². The molecule has 114 valence electrons. The maximum absolute atomic E-state index is 14.0. The Hall–Kier alpha value is -1.52. The van der Waals surface area contributed by atoms with Gasteiger partial charge in [-0.2, -0.15) is 0 Å². The van der Waals surface area contributed by atoms with E-state index in [0.717, 1.165) is 25.2 Å². The van der Waals surface area contributed by atoms with E-state index < -0.39 is 5.82 Å². The summed E-state index contributed by atoms with van der Waals surface area (Å²) in [4.78, 5) is 14.9. The van der Waals surface area contributed by atoms with Crippen molar-refractivity contribution in [1.29, 1.82) is 0 Å². The SMILES string of the molecule is O=C(c1cccc(CN2CCCC2)c1)c1ccc(Br)cc1F. The molecular formula is C18H17BrFNO. The van der Waals surface area contributed by atoms with Crippen molar-refractivity contribution in [3.63, 3.8) is 0 Å². The molecule has 2 nitrogen and oxygen atoms in total. The van der Waals surface area contributed by atoms with E-state index in [1.54, 1.807) is 12.1 Å². The van der Waals surface area contributed by atoms with Gasteiger partial charge in [0.05, 0.1) is 5.56 Å². The highest BCUT2D eigenvalue weighted by Gasteiger charge is 2.16. The van der Waals surface area contributed by atoms with Crippen LogP contribution in [0.3, 0.4) is 0 Å². The molecule has 1 saturated heterocycles. The van der Waals surface area contributed by atoms with Crippen LogP contribution in [0.5, 0.6) is 0 Å². The van der Waals surface area contributed by atoms with E-state index >= 15 is 0 Å². The Kier molecular flexibility index (Phi) is 4.69. The Balaban J connectivity index is 1.83. The lowest BCUT2D eigenvalue weighted by atomic mass is 10.0. The molecular weight excluding hydrogens is 345 g/mol. The van der Waals surface area contributed by atoms with Gasteiger partial charge in [0.2, 0.25) is 0 Å². The summed E-state index contributed by atoms with van der Waals surface area (Å²) in [6, 6.07) is 12.0. The third kappa shape index (κ3) is 3.45. The van der Waals surface area contributed by atoms with Gasteiger partial charge in [0, 0.05) is 16.6 Å². The molecule has 0 amide bonds. The second kappa shape index (κ2) is 6.71. The Morgan fingerprint density at radius 2 is 1.91 bits per heavy atom. The normalized spacial score (nSPS) is 15.2. The highest BCUT2D eigenvalue weighted by molar-refractivity contribution is 9.10. The minimum absolute atomic E-state index is 0.113. The standard InChI is InChI=1S/C18H17BrFNO/c19-15-6-7-16(17(20)11-15)18(22)14-5-3-4-13(10-14)12-21-8-1-2-9-21/h3-7,10-11H,1-2,8-9,12H2. The van der Waals surface area contributed by atoms with Crippen LogP contribution >= 0.6 is 15.9 Å². The third-order valence-corrected chi connectivity index (χ3v) is 4.46. The predicted molar refractivity (Wildman–Crippen MR) is 88.5 cm³/mol. The van der Waals surface area contributed by atoms with E-state index in [4.69, 9.17) is 0 Å². The van der Waals surface area contributed by atoms with Crippen molar-refractivity contribution in [2.75, 3.05) is 13.1 Å². The summed E-state index contributed by atoms with van der Waals surface area (Å²) < 4.78 is 14.6. The Morgan fingerprint density at radius 1 is 1.14 bits per heavy atom. The number of carbonyl (C=O) groups excluding carboxylic acids is 1. The summed E-state index contributed by atoms with van der Waals surface area (Å²) in [5.41, 5.74) is 1.75. The summed E-state index contributed by atoms with van der Waals surface area (Å²) >= 11 is 3.21. The van der Waals surface area contributed by atoms with Gasteiger partial charge in [0.25, 0.3) is 0 Å². The van der Waals surface area contributed by atoms with Gasteiger partial charge in [-0.15, -0.1) is 0 Å². The molecule has 0 spiro atoms. The molecule has 0 radical (unpaired) electrons. The second-order valence-electron chi connectivity index (χ2n) is 5.64. The lowest BCUT2D eigenvalue weighted by Gasteiger charge is -2.15. The zero-order valence-corrected chi connectivity index (χ0v) is 13.8. The maximum atomic E-state index is 14.0. The lowest BCUT2D eigenvalue weighted by Crippen LogP contribution is -2.18. The van der Waals surface area contributed by atoms with Crippen LogP contribution < -0.4 is 0 Å². The molecule has 1 aliphatic heterocycles. The minimum Gasteiger partial charge on any atom is -0.299 e. The topological polar surface area (TPSA) is 20.3 Å². The number of nitrogens with zero attached hydrogens (tertiary/aromatic N) is 1. The monoisotopic (exact) mass is 361 g/mol. The number of benzene rings is 2. The Labute approximate surface area is 138 Å².